The third-order valence-corrected chi connectivity index (χ3v) is 4.75. The summed E-state index contributed by atoms with van der Waals surface area (Å²) in [6, 6.07) is 5.19. The topological polar surface area (TPSA) is 72.9 Å². The molecule has 1 saturated heterocycles. The second-order valence-corrected chi connectivity index (χ2v) is 6.96. The normalized spacial score (nSPS) is 15.8. The molecule has 0 aliphatic carbocycles. The molecule has 0 radical (unpaired) electrons. The van der Waals surface area contributed by atoms with E-state index in [-0.39, 0.29) is 17.8 Å². The average Bonchev–Trinajstić information content (AvgIpc) is 2.82. The molecule has 0 unspecified atom stereocenters. The molecule has 1 heterocycles. The fraction of sp³-hybridized carbons (Fsp3) is 0.353. The molecular formula is C17H18BrNO5S. The van der Waals surface area contributed by atoms with E-state index in [1.54, 1.807) is 31.2 Å². The molecule has 0 saturated carbocycles. The molecule has 0 spiro atoms. The zero-order valence-corrected chi connectivity index (χ0v) is 16.3. The van der Waals surface area contributed by atoms with Gasteiger partial charge in [-0.3, -0.25) is 14.5 Å². The highest BCUT2D eigenvalue weighted by Crippen LogP contribution is 2.33. The summed E-state index contributed by atoms with van der Waals surface area (Å²) >= 11 is 4.31. The number of benzene rings is 1. The van der Waals surface area contributed by atoms with Crippen molar-refractivity contribution in [3.05, 3.63) is 33.1 Å². The van der Waals surface area contributed by atoms with E-state index >= 15 is 0 Å². The van der Waals surface area contributed by atoms with Crippen LogP contribution in [0.4, 0.5) is 4.79 Å². The van der Waals surface area contributed by atoms with Gasteiger partial charge in [0.1, 0.15) is 5.75 Å². The summed E-state index contributed by atoms with van der Waals surface area (Å²) in [7, 11) is 0. The molecular weight excluding hydrogens is 410 g/mol. The first-order valence-electron chi connectivity index (χ1n) is 7.79. The second-order valence-electron chi connectivity index (χ2n) is 5.12. The van der Waals surface area contributed by atoms with Crippen molar-refractivity contribution in [3.63, 3.8) is 0 Å². The van der Waals surface area contributed by atoms with Crippen LogP contribution in [0.1, 0.15) is 25.8 Å². The average molecular weight is 428 g/mol. The number of thioether (sulfide) groups is 1. The zero-order valence-electron chi connectivity index (χ0n) is 13.9. The van der Waals surface area contributed by atoms with Gasteiger partial charge in [-0.15, -0.1) is 0 Å². The van der Waals surface area contributed by atoms with Crippen molar-refractivity contribution >= 4 is 50.9 Å². The van der Waals surface area contributed by atoms with Crippen molar-refractivity contribution < 1.29 is 23.9 Å². The Bertz CT molecular complexity index is 719. The van der Waals surface area contributed by atoms with Crippen LogP contribution in [0.5, 0.6) is 5.75 Å². The van der Waals surface area contributed by atoms with E-state index in [1.807, 2.05) is 6.92 Å². The van der Waals surface area contributed by atoms with E-state index in [0.29, 0.717) is 28.3 Å². The maximum atomic E-state index is 12.2. The molecule has 0 bridgehead atoms. The zero-order chi connectivity index (χ0) is 18.4. The van der Waals surface area contributed by atoms with E-state index < -0.39 is 5.97 Å². The van der Waals surface area contributed by atoms with Gasteiger partial charge < -0.3 is 9.47 Å². The van der Waals surface area contributed by atoms with Gasteiger partial charge in [0.2, 0.25) is 0 Å². The van der Waals surface area contributed by atoms with E-state index in [4.69, 9.17) is 9.47 Å². The van der Waals surface area contributed by atoms with Gasteiger partial charge in [0.15, 0.2) is 6.61 Å². The Labute approximate surface area is 158 Å². The van der Waals surface area contributed by atoms with E-state index in [1.165, 1.54) is 4.90 Å². The van der Waals surface area contributed by atoms with Crippen LogP contribution in [0.25, 0.3) is 6.08 Å². The van der Waals surface area contributed by atoms with Crippen LogP contribution in [0.2, 0.25) is 0 Å². The SMILES string of the molecule is CCCN1C(=O)S/C(=C/c2ccc(OCC(=O)OCC)c(Br)c2)C1=O. The lowest BCUT2D eigenvalue weighted by molar-refractivity contribution is -0.145. The number of amides is 2. The Kier molecular flexibility index (Phi) is 7.07. The monoisotopic (exact) mass is 427 g/mol. The standard InChI is InChI=1S/C17H18BrNO5S/c1-3-7-19-16(21)14(25-17(19)22)9-11-5-6-13(12(18)8-11)24-10-15(20)23-4-2/h5-6,8-9H,3-4,7,10H2,1-2H3/b14-9+. The number of esters is 1. The molecule has 8 heteroatoms. The first-order chi connectivity index (χ1) is 12.0. The van der Waals surface area contributed by atoms with Crippen LogP contribution in [0, 0.1) is 0 Å². The van der Waals surface area contributed by atoms with Crippen molar-refractivity contribution in [1.29, 1.82) is 0 Å². The highest BCUT2D eigenvalue weighted by molar-refractivity contribution is 9.10. The van der Waals surface area contributed by atoms with Gasteiger partial charge in [-0.1, -0.05) is 13.0 Å². The summed E-state index contributed by atoms with van der Waals surface area (Å²) in [5.41, 5.74) is 0.748. The Morgan fingerprint density at radius 2 is 2.08 bits per heavy atom. The number of nitrogens with zero attached hydrogens (tertiary/aromatic N) is 1. The third kappa shape index (κ3) is 5.09. The molecule has 1 aromatic rings. The summed E-state index contributed by atoms with van der Waals surface area (Å²) in [5.74, 6) is -0.219. The van der Waals surface area contributed by atoms with E-state index in [9.17, 15) is 14.4 Å². The lowest BCUT2D eigenvalue weighted by atomic mass is 10.2. The largest absolute Gasteiger partial charge is 0.481 e. The first-order valence-corrected chi connectivity index (χ1v) is 9.40. The van der Waals surface area contributed by atoms with Crippen LogP contribution in [-0.2, 0) is 14.3 Å². The molecule has 2 rings (SSSR count). The Balaban J connectivity index is 2.09. The van der Waals surface area contributed by atoms with Crippen molar-refractivity contribution in [3.8, 4) is 5.75 Å². The molecule has 6 nitrogen and oxygen atoms in total. The van der Waals surface area contributed by atoms with Gasteiger partial charge in [0, 0.05) is 6.54 Å². The van der Waals surface area contributed by atoms with Crippen molar-refractivity contribution in [2.24, 2.45) is 0 Å². The molecule has 25 heavy (non-hydrogen) atoms. The Hall–Kier alpha value is -1.80. The fourth-order valence-electron chi connectivity index (χ4n) is 2.13. The molecule has 1 aromatic carbocycles. The third-order valence-electron chi connectivity index (χ3n) is 3.23. The van der Waals surface area contributed by atoms with Crippen molar-refractivity contribution in [2.45, 2.75) is 20.3 Å². The van der Waals surface area contributed by atoms with E-state index in [2.05, 4.69) is 15.9 Å². The predicted octanol–water partition coefficient (Wildman–Crippen LogP) is 3.84. The molecule has 1 aliphatic rings. The van der Waals surface area contributed by atoms with Gasteiger partial charge in [0.05, 0.1) is 16.0 Å². The summed E-state index contributed by atoms with van der Waals surface area (Å²) in [6.07, 6.45) is 2.39. The smallest absolute Gasteiger partial charge is 0.344 e. The van der Waals surface area contributed by atoms with Crippen LogP contribution >= 0.6 is 27.7 Å². The molecule has 2 amide bonds. The lowest BCUT2D eigenvalue weighted by Crippen LogP contribution is -2.28. The minimum atomic E-state index is -0.442. The molecule has 0 N–H and O–H groups in total. The highest BCUT2D eigenvalue weighted by Gasteiger charge is 2.34. The summed E-state index contributed by atoms with van der Waals surface area (Å²) in [6.45, 7) is 4.19. The quantitative estimate of drug-likeness (QED) is 0.486. The van der Waals surface area contributed by atoms with Gasteiger partial charge in [0.25, 0.3) is 11.1 Å². The maximum absolute atomic E-state index is 12.2. The van der Waals surface area contributed by atoms with Crippen LogP contribution in [0.15, 0.2) is 27.6 Å². The summed E-state index contributed by atoms with van der Waals surface area (Å²) in [4.78, 5) is 37.1. The van der Waals surface area contributed by atoms with Crippen molar-refractivity contribution in [2.75, 3.05) is 19.8 Å². The number of imide groups is 1. The summed E-state index contributed by atoms with van der Waals surface area (Å²) < 4.78 is 10.8. The molecule has 134 valence electrons. The van der Waals surface area contributed by atoms with Gasteiger partial charge in [-0.2, -0.15) is 0 Å². The van der Waals surface area contributed by atoms with E-state index in [0.717, 1.165) is 23.7 Å². The number of carbonyl (C=O) groups is 3. The number of halogens is 1. The lowest BCUT2D eigenvalue weighted by Gasteiger charge is -2.10. The molecule has 0 atom stereocenters. The fourth-order valence-corrected chi connectivity index (χ4v) is 3.51. The predicted molar refractivity (Wildman–Crippen MR) is 99.2 cm³/mol. The Morgan fingerprint density at radius 3 is 2.72 bits per heavy atom. The molecule has 1 fully saturated rings. The number of carbonyl (C=O) groups excluding carboxylic acids is 3. The number of rotatable bonds is 7. The van der Waals surface area contributed by atoms with Crippen molar-refractivity contribution in [1.82, 2.24) is 4.90 Å². The summed E-state index contributed by atoms with van der Waals surface area (Å²) in [5, 5.41) is -0.244. The number of hydrogen-bond acceptors (Lipinski definition) is 6. The minimum absolute atomic E-state index is 0.179. The first kappa shape index (κ1) is 19.5. The highest BCUT2D eigenvalue weighted by atomic mass is 79.9. The van der Waals surface area contributed by atoms with Gasteiger partial charge >= 0.3 is 5.97 Å². The maximum Gasteiger partial charge on any atom is 0.344 e. The number of ether oxygens (including phenoxy) is 2. The molecule has 1 aliphatic heterocycles. The van der Waals surface area contributed by atoms with Gasteiger partial charge in [-0.05, 0) is 64.8 Å². The minimum Gasteiger partial charge on any atom is -0.481 e. The Morgan fingerprint density at radius 1 is 1.32 bits per heavy atom. The van der Waals surface area contributed by atoms with Gasteiger partial charge in [-0.25, -0.2) is 4.79 Å². The second kappa shape index (κ2) is 9.05. The molecule has 0 aromatic heterocycles. The van der Waals surface area contributed by atoms with Crippen LogP contribution in [-0.4, -0.2) is 41.8 Å². The number of hydrogen-bond donors (Lipinski definition) is 0. The van der Waals surface area contributed by atoms with Crippen LogP contribution in [0.3, 0.4) is 0 Å². The van der Waals surface area contributed by atoms with Crippen LogP contribution < -0.4 is 4.74 Å².